The Morgan fingerprint density at radius 3 is 2.33 bits per heavy atom. The lowest BCUT2D eigenvalue weighted by Crippen LogP contribution is -2.46. The summed E-state index contributed by atoms with van der Waals surface area (Å²) in [4.78, 5) is 19.8. The summed E-state index contributed by atoms with van der Waals surface area (Å²) in [6, 6.07) is 14.4. The molecule has 0 aliphatic carbocycles. The number of anilines is 2. The minimum atomic E-state index is -0.380. The molecule has 4 rings (SSSR count). The van der Waals surface area contributed by atoms with Crippen molar-refractivity contribution in [2.24, 2.45) is 0 Å². The molecule has 1 saturated heterocycles. The average Bonchev–Trinajstić information content (AvgIpc) is 2.67. The maximum atomic E-state index is 11.4. The summed E-state index contributed by atoms with van der Waals surface area (Å²) in [7, 11) is 0. The molecule has 7 heteroatoms. The smallest absolute Gasteiger partial charge is 0.295 e. The van der Waals surface area contributed by atoms with Crippen molar-refractivity contribution in [3.63, 3.8) is 0 Å². The highest BCUT2D eigenvalue weighted by Gasteiger charge is 2.23. The third-order valence-electron chi connectivity index (χ3n) is 4.96. The molecule has 7 nitrogen and oxygen atoms in total. The first-order chi connectivity index (χ1) is 13.0. The molecule has 1 aliphatic rings. The largest absolute Gasteiger partial charge is 0.506 e. The second kappa shape index (κ2) is 6.75. The minimum Gasteiger partial charge on any atom is -0.506 e. The zero-order valence-corrected chi connectivity index (χ0v) is 15.0. The Balaban J connectivity index is 1.65. The number of non-ortho nitro benzene ring substituents is 1. The number of benzene rings is 2. The predicted octanol–water partition coefficient (Wildman–Crippen LogP) is 3.48. The minimum absolute atomic E-state index is 0.0327. The Kier molecular flexibility index (Phi) is 4.27. The average molecular weight is 364 g/mol. The van der Waals surface area contributed by atoms with Gasteiger partial charge in [-0.15, -0.1) is 0 Å². The van der Waals surface area contributed by atoms with Gasteiger partial charge in [0.1, 0.15) is 5.75 Å². The van der Waals surface area contributed by atoms with E-state index in [0.29, 0.717) is 5.52 Å². The van der Waals surface area contributed by atoms with Crippen LogP contribution in [-0.2, 0) is 0 Å². The summed E-state index contributed by atoms with van der Waals surface area (Å²) in [6.07, 6.45) is 0. The van der Waals surface area contributed by atoms with Crippen molar-refractivity contribution in [1.82, 2.24) is 4.98 Å². The van der Waals surface area contributed by atoms with Crippen LogP contribution < -0.4 is 9.80 Å². The van der Waals surface area contributed by atoms with E-state index in [9.17, 15) is 15.2 Å². The van der Waals surface area contributed by atoms with Crippen LogP contribution in [0.3, 0.4) is 0 Å². The number of fused-ring (bicyclic) bond motifs is 1. The molecule has 1 fully saturated rings. The molecule has 0 saturated carbocycles. The van der Waals surface area contributed by atoms with Crippen LogP contribution in [0.25, 0.3) is 10.9 Å². The third-order valence-corrected chi connectivity index (χ3v) is 4.96. The van der Waals surface area contributed by atoms with E-state index < -0.39 is 0 Å². The molecule has 0 spiro atoms. The van der Waals surface area contributed by atoms with Crippen molar-refractivity contribution in [1.29, 1.82) is 0 Å². The van der Waals surface area contributed by atoms with Crippen LogP contribution in [0.1, 0.15) is 5.69 Å². The Morgan fingerprint density at radius 2 is 1.67 bits per heavy atom. The van der Waals surface area contributed by atoms with Crippen molar-refractivity contribution in [2.75, 3.05) is 36.0 Å². The van der Waals surface area contributed by atoms with Gasteiger partial charge in [-0.25, -0.2) is 4.98 Å². The Bertz CT molecular complexity index is 1010. The molecule has 27 heavy (non-hydrogen) atoms. The number of hydrogen-bond donors (Lipinski definition) is 1. The van der Waals surface area contributed by atoms with Gasteiger partial charge in [-0.1, -0.05) is 24.3 Å². The normalized spacial score (nSPS) is 14.6. The highest BCUT2D eigenvalue weighted by molar-refractivity contribution is 5.97. The van der Waals surface area contributed by atoms with Crippen LogP contribution in [0.2, 0.25) is 0 Å². The second-order valence-electron chi connectivity index (χ2n) is 6.68. The number of hydrogen-bond acceptors (Lipinski definition) is 6. The Labute approximate surface area is 156 Å². The third kappa shape index (κ3) is 3.12. The SMILES string of the molecule is Cc1cc(N2CCN(c3ccccc3O)CC2)c2cccc([N+](=O)[O-])c2n1. The number of aromatic hydroxyl groups is 1. The Morgan fingerprint density at radius 1 is 1.00 bits per heavy atom. The van der Waals surface area contributed by atoms with Gasteiger partial charge in [0, 0.05) is 49.0 Å². The molecule has 0 amide bonds. The molecule has 0 radical (unpaired) electrons. The number of phenols is 1. The topological polar surface area (TPSA) is 82.7 Å². The predicted molar refractivity (Wildman–Crippen MR) is 106 cm³/mol. The van der Waals surface area contributed by atoms with Gasteiger partial charge in [0.25, 0.3) is 5.69 Å². The zero-order chi connectivity index (χ0) is 19.0. The van der Waals surface area contributed by atoms with Gasteiger partial charge >= 0.3 is 0 Å². The summed E-state index contributed by atoms with van der Waals surface area (Å²) >= 11 is 0. The molecule has 3 aromatic rings. The zero-order valence-electron chi connectivity index (χ0n) is 15.0. The van der Waals surface area contributed by atoms with Crippen molar-refractivity contribution in [3.8, 4) is 5.75 Å². The van der Waals surface area contributed by atoms with Gasteiger partial charge in [0.15, 0.2) is 5.52 Å². The van der Waals surface area contributed by atoms with Gasteiger partial charge in [-0.2, -0.15) is 0 Å². The van der Waals surface area contributed by atoms with Crippen LogP contribution in [0, 0.1) is 17.0 Å². The highest BCUT2D eigenvalue weighted by Crippen LogP contribution is 2.34. The van der Waals surface area contributed by atoms with E-state index in [1.54, 1.807) is 12.1 Å². The second-order valence-corrected chi connectivity index (χ2v) is 6.68. The number of piperazine rings is 1. The molecule has 2 heterocycles. The fourth-order valence-corrected chi connectivity index (χ4v) is 3.67. The summed E-state index contributed by atoms with van der Waals surface area (Å²) in [5, 5.41) is 22.2. The van der Waals surface area contributed by atoms with Crippen molar-refractivity contribution in [2.45, 2.75) is 6.92 Å². The summed E-state index contributed by atoms with van der Waals surface area (Å²) in [5.41, 5.74) is 3.03. The van der Waals surface area contributed by atoms with E-state index in [-0.39, 0.29) is 16.4 Å². The number of nitrogens with zero attached hydrogens (tertiary/aromatic N) is 4. The number of phenolic OH excluding ortho intramolecular Hbond substituents is 1. The number of rotatable bonds is 3. The fourth-order valence-electron chi connectivity index (χ4n) is 3.67. The molecular weight excluding hydrogens is 344 g/mol. The van der Waals surface area contributed by atoms with Crippen molar-refractivity contribution in [3.05, 3.63) is 64.3 Å². The first-order valence-electron chi connectivity index (χ1n) is 8.87. The van der Waals surface area contributed by atoms with Crippen LogP contribution in [0.5, 0.6) is 5.75 Å². The number of nitro groups is 1. The van der Waals surface area contributed by atoms with E-state index in [2.05, 4.69) is 14.8 Å². The van der Waals surface area contributed by atoms with Gasteiger partial charge in [-0.3, -0.25) is 10.1 Å². The fraction of sp³-hybridized carbons (Fsp3) is 0.250. The molecule has 1 aliphatic heterocycles. The van der Waals surface area contributed by atoms with Gasteiger partial charge in [0.2, 0.25) is 0 Å². The number of aryl methyl sites for hydroxylation is 1. The van der Waals surface area contributed by atoms with Gasteiger partial charge in [0.05, 0.1) is 10.6 Å². The number of nitro benzene ring substituents is 1. The number of pyridine rings is 1. The first kappa shape index (κ1) is 17.1. The molecule has 138 valence electrons. The van der Waals surface area contributed by atoms with E-state index in [4.69, 9.17) is 0 Å². The molecule has 2 aromatic carbocycles. The molecular formula is C20H20N4O3. The van der Waals surface area contributed by atoms with E-state index in [1.807, 2.05) is 37.3 Å². The van der Waals surface area contributed by atoms with Gasteiger partial charge < -0.3 is 14.9 Å². The Hall–Kier alpha value is -3.35. The van der Waals surface area contributed by atoms with E-state index in [1.165, 1.54) is 6.07 Å². The summed E-state index contributed by atoms with van der Waals surface area (Å²) in [6.45, 7) is 4.90. The van der Waals surface area contributed by atoms with Crippen LogP contribution in [-0.4, -0.2) is 41.2 Å². The molecule has 0 bridgehead atoms. The van der Waals surface area contributed by atoms with Gasteiger partial charge in [-0.05, 0) is 25.1 Å². The number of para-hydroxylation sites is 3. The maximum absolute atomic E-state index is 11.4. The van der Waals surface area contributed by atoms with Crippen LogP contribution >= 0.6 is 0 Å². The quantitative estimate of drug-likeness (QED) is 0.566. The lowest BCUT2D eigenvalue weighted by molar-refractivity contribution is -0.383. The van der Waals surface area contributed by atoms with Crippen LogP contribution in [0.4, 0.5) is 17.1 Å². The standard InChI is InChI=1S/C20H20N4O3/c1-14-13-18(15-5-4-7-17(24(26)27)20(15)21-14)23-11-9-22(10-12-23)16-6-2-3-8-19(16)25/h2-8,13,25H,9-12H2,1H3. The first-order valence-corrected chi connectivity index (χ1v) is 8.87. The lowest BCUT2D eigenvalue weighted by atomic mass is 10.1. The molecule has 0 unspecified atom stereocenters. The highest BCUT2D eigenvalue weighted by atomic mass is 16.6. The van der Waals surface area contributed by atoms with Crippen molar-refractivity contribution < 1.29 is 10.0 Å². The lowest BCUT2D eigenvalue weighted by Gasteiger charge is -2.38. The maximum Gasteiger partial charge on any atom is 0.295 e. The molecule has 0 atom stereocenters. The number of aromatic nitrogens is 1. The monoisotopic (exact) mass is 364 g/mol. The summed E-state index contributed by atoms with van der Waals surface area (Å²) in [5.74, 6) is 0.284. The molecule has 1 aromatic heterocycles. The molecule has 1 N–H and O–H groups in total. The van der Waals surface area contributed by atoms with E-state index >= 15 is 0 Å². The van der Waals surface area contributed by atoms with E-state index in [0.717, 1.165) is 48.6 Å². The van der Waals surface area contributed by atoms with Crippen molar-refractivity contribution >= 4 is 28.0 Å². The van der Waals surface area contributed by atoms with Crippen LogP contribution in [0.15, 0.2) is 48.5 Å². The summed E-state index contributed by atoms with van der Waals surface area (Å²) < 4.78 is 0.